The number of carbonyl (C=O) groups is 1. The average Bonchev–Trinajstić information content (AvgIpc) is 2.60. The van der Waals surface area contributed by atoms with Crippen molar-refractivity contribution in [3.8, 4) is 0 Å². The van der Waals surface area contributed by atoms with Gasteiger partial charge in [-0.2, -0.15) is 0 Å². The summed E-state index contributed by atoms with van der Waals surface area (Å²) in [4.78, 5) is 13.2. The van der Waals surface area contributed by atoms with E-state index < -0.39 is 0 Å². The first-order valence-electron chi connectivity index (χ1n) is 5.59. The van der Waals surface area contributed by atoms with E-state index in [9.17, 15) is 4.79 Å². The van der Waals surface area contributed by atoms with Crippen molar-refractivity contribution >= 4 is 17.2 Å². The van der Waals surface area contributed by atoms with Crippen LogP contribution in [0.1, 0.15) is 41.1 Å². The third kappa shape index (κ3) is 2.07. The standard InChI is InChI=1S/C12H17NOS/c1-3-13-12(14)10-7-15-11-6-8(2)4-5-9(10)11/h7-8H,3-6H2,1-2H3,(H,13,14). The van der Waals surface area contributed by atoms with Crippen LogP contribution in [0, 0.1) is 5.92 Å². The van der Waals surface area contributed by atoms with Gasteiger partial charge in [0.2, 0.25) is 0 Å². The van der Waals surface area contributed by atoms with Crippen LogP contribution in [-0.4, -0.2) is 12.5 Å². The van der Waals surface area contributed by atoms with Gasteiger partial charge in [-0.25, -0.2) is 0 Å². The van der Waals surface area contributed by atoms with Gasteiger partial charge in [-0.3, -0.25) is 4.79 Å². The van der Waals surface area contributed by atoms with Crippen LogP contribution in [0.25, 0.3) is 0 Å². The number of nitrogens with one attached hydrogen (secondary N) is 1. The summed E-state index contributed by atoms with van der Waals surface area (Å²) >= 11 is 1.75. The Bertz CT molecular complexity index is 370. The predicted molar refractivity (Wildman–Crippen MR) is 63.5 cm³/mol. The lowest BCUT2D eigenvalue weighted by atomic mass is 9.88. The van der Waals surface area contributed by atoms with Crippen LogP contribution in [0.2, 0.25) is 0 Å². The van der Waals surface area contributed by atoms with Crippen molar-refractivity contribution in [3.05, 3.63) is 21.4 Å². The second-order valence-electron chi connectivity index (χ2n) is 4.26. The molecule has 1 aromatic rings. The first kappa shape index (κ1) is 10.7. The molecule has 2 nitrogen and oxygen atoms in total. The molecule has 1 unspecified atom stereocenters. The molecular formula is C12H17NOS. The molecule has 0 aliphatic heterocycles. The molecule has 1 amide bonds. The van der Waals surface area contributed by atoms with Crippen molar-refractivity contribution in [2.75, 3.05) is 6.54 Å². The molecule has 0 aromatic carbocycles. The van der Waals surface area contributed by atoms with Crippen LogP contribution in [-0.2, 0) is 12.8 Å². The fourth-order valence-corrected chi connectivity index (χ4v) is 3.37. The maximum Gasteiger partial charge on any atom is 0.252 e. The monoisotopic (exact) mass is 223 g/mol. The minimum Gasteiger partial charge on any atom is -0.352 e. The van der Waals surface area contributed by atoms with Gasteiger partial charge in [0, 0.05) is 16.8 Å². The molecule has 1 N–H and O–H groups in total. The quantitative estimate of drug-likeness (QED) is 0.820. The highest BCUT2D eigenvalue weighted by atomic mass is 32.1. The number of hydrogen-bond acceptors (Lipinski definition) is 2. The largest absolute Gasteiger partial charge is 0.352 e. The molecule has 0 saturated carbocycles. The lowest BCUT2D eigenvalue weighted by Crippen LogP contribution is -2.24. The zero-order valence-electron chi connectivity index (χ0n) is 9.30. The molecule has 1 aromatic heterocycles. The molecular weight excluding hydrogens is 206 g/mol. The molecule has 82 valence electrons. The van der Waals surface area contributed by atoms with E-state index in [1.807, 2.05) is 12.3 Å². The summed E-state index contributed by atoms with van der Waals surface area (Å²) < 4.78 is 0. The SMILES string of the molecule is CCNC(=O)c1csc2c1CCC(C)C2. The van der Waals surface area contributed by atoms with Gasteiger partial charge < -0.3 is 5.32 Å². The van der Waals surface area contributed by atoms with Crippen molar-refractivity contribution in [1.29, 1.82) is 0 Å². The van der Waals surface area contributed by atoms with E-state index in [0.29, 0.717) is 6.54 Å². The number of thiophene rings is 1. The minimum absolute atomic E-state index is 0.101. The summed E-state index contributed by atoms with van der Waals surface area (Å²) in [6.45, 7) is 4.95. The summed E-state index contributed by atoms with van der Waals surface area (Å²) in [5.41, 5.74) is 2.23. The Morgan fingerprint density at radius 2 is 2.47 bits per heavy atom. The van der Waals surface area contributed by atoms with Gasteiger partial charge in [-0.1, -0.05) is 6.92 Å². The molecule has 1 heterocycles. The summed E-state index contributed by atoms with van der Waals surface area (Å²) in [6, 6.07) is 0. The molecule has 1 atom stereocenters. The average molecular weight is 223 g/mol. The van der Waals surface area contributed by atoms with Crippen molar-refractivity contribution < 1.29 is 4.79 Å². The number of rotatable bonds is 2. The van der Waals surface area contributed by atoms with E-state index in [4.69, 9.17) is 0 Å². The molecule has 0 saturated heterocycles. The van der Waals surface area contributed by atoms with Crippen LogP contribution in [0.4, 0.5) is 0 Å². The fraction of sp³-hybridized carbons (Fsp3) is 0.583. The van der Waals surface area contributed by atoms with E-state index in [2.05, 4.69) is 12.2 Å². The number of amides is 1. The fourth-order valence-electron chi connectivity index (χ4n) is 2.12. The van der Waals surface area contributed by atoms with Crippen LogP contribution >= 0.6 is 11.3 Å². The lowest BCUT2D eigenvalue weighted by Gasteiger charge is -2.18. The first-order valence-corrected chi connectivity index (χ1v) is 6.47. The predicted octanol–water partition coefficient (Wildman–Crippen LogP) is 2.62. The first-order chi connectivity index (χ1) is 7.22. The smallest absolute Gasteiger partial charge is 0.252 e. The highest BCUT2D eigenvalue weighted by Crippen LogP contribution is 2.32. The van der Waals surface area contributed by atoms with E-state index >= 15 is 0 Å². The molecule has 1 aliphatic rings. The van der Waals surface area contributed by atoms with Crippen molar-refractivity contribution in [2.45, 2.75) is 33.1 Å². The number of hydrogen-bond donors (Lipinski definition) is 1. The van der Waals surface area contributed by atoms with Crippen molar-refractivity contribution in [3.63, 3.8) is 0 Å². The Morgan fingerprint density at radius 1 is 1.67 bits per heavy atom. The zero-order chi connectivity index (χ0) is 10.8. The summed E-state index contributed by atoms with van der Waals surface area (Å²) in [7, 11) is 0. The van der Waals surface area contributed by atoms with E-state index in [1.54, 1.807) is 11.3 Å². The van der Waals surface area contributed by atoms with Gasteiger partial charge in [0.25, 0.3) is 5.91 Å². The Labute approximate surface area is 94.7 Å². The minimum atomic E-state index is 0.101. The van der Waals surface area contributed by atoms with Crippen LogP contribution < -0.4 is 5.32 Å². The van der Waals surface area contributed by atoms with E-state index in [0.717, 1.165) is 24.3 Å². The van der Waals surface area contributed by atoms with Gasteiger partial charge in [0.1, 0.15) is 0 Å². The maximum absolute atomic E-state index is 11.8. The summed E-state index contributed by atoms with van der Waals surface area (Å²) in [5.74, 6) is 0.878. The molecule has 3 heteroatoms. The molecule has 0 spiro atoms. The number of carbonyl (C=O) groups excluding carboxylic acids is 1. The van der Waals surface area contributed by atoms with Gasteiger partial charge >= 0.3 is 0 Å². The Balaban J connectivity index is 2.24. The Hall–Kier alpha value is -0.830. The third-order valence-corrected chi connectivity index (χ3v) is 4.03. The maximum atomic E-state index is 11.8. The van der Waals surface area contributed by atoms with Crippen molar-refractivity contribution in [2.24, 2.45) is 5.92 Å². The highest BCUT2D eigenvalue weighted by Gasteiger charge is 2.22. The molecule has 2 rings (SSSR count). The second kappa shape index (κ2) is 4.35. The van der Waals surface area contributed by atoms with Gasteiger partial charge in [0.05, 0.1) is 5.56 Å². The molecule has 15 heavy (non-hydrogen) atoms. The van der Waals surface area contributed by atoms with Crippen LogP contribution in [0.5, 0.6) is 0 Å². The van der Waals surface area contributed by atoms with E-state index in [-0.39, 0.29) is 5.91 Å². The summed E-state index contributed by atoms with van der Waals surface area (Å²) in [5, 5.41) is 4.90. The summed E-state index contributed by atoms with van der Waals surface area (Å²) in [6.07, 6.45) is 3.45. The Morgan fingerprint density at radius 3 is 3.20 bits per heavy atom. The van der Waals surface area contributed by atoms with Gasteiger partial charge in [-0.15, -0.1) is 11.3 Å². The topological polar surface area (TPSA) is 29.1 Å². The molecule has 0 bridgehead atoms. The van der Waals surface area contributed by atoms with Crippen molar-refractivity contribution in [1.82, 2.24) is 5.32 Å². The zero-order valence-corrected chi connectivity index (χ0v) is 10.1. The van der Waals surface area contributed by atoms with Crippen LogP contribution in [0.3, 0.4) is 0 Å². The Kier molecular flexibility index (Phi) is 3.10. The van der Waals surface area contributed by atoms with Gasteiger partial charge in [-0.05, 0) is 37.7 Å². The third-order valence-electron chi connectivity index (χ3n) is 2.98. The highest BCUT2D eigenvalue weighted by molar-refractivity contribution is 7.10. The molecule has 1 aliphatic carbocycles. The normalized spacial score (nSPS) is 19.7. The van der Waals surface area contributed by atoms with Crippen LogP contribution in [0.15, 0.2) is 5.38 Å². The molecule has 0 fully saturated rings. The molecule has 0 radical (unpaired) electrons. The van der Waals surface area contributed by atoms with Gasteiger partial charge in [0.15, 0.2) is 0 Å². The lowest BCUT2D eigenvalue weighted by molar-refractivity contribution is 0.0955. The van der Waals surface area contributed by atoms with E-state index in [1.165, 1.54) is 16.9 Å². The number of fused-ring (bicyclic) bond motifs is 1. The second-order valence-corrected chi connectivity index (χ2v) is 5.22.